The molecule has 2 heterocycles. The molecule has 1 aromatic rings. The van der Waals surface area contributed by atoms with Gasteiger partial charge in [-0.2, -0.15) is 0 Å². The Labute approximate surface area is 101 Å². The van der Waals surface area contributed by atoms with E-state index < -0.39 is 0 Å². The highest BCUT2D eigenvalue weighted by molar-refractivity contribution is 6.29. The Hall–Kier alpha value is -0.570. The molecule has 0 atom stereocenters. The second-order valence-corrected chi connectivity index (χ2v) is 4.01. The fraction of sp³-hybridized carbons (Fsp3) is 0.364. The summed E-state index contributed by atoms with van der Waals surface area (Å²) in [6.07, 6.45) is 5.16. The van der Waals surface area contributed by atoms with Crippen LogP contribution in [-0.2, 0) is 0 Å². The maximum absolute atomic E-state index is 5.85. The van der Waals surface area contributed by atoms with Crippen molar-refractivity contribution in [1.82, 2.24) is 9.88 Å². The molecular formula is C11H14Cl2N2. The molecule has 0 aliphatic carbocycles. The third-order valence-corrected chi connectivity index (χ3v) is 2.65. The van der Waals surface area contributed by atoms with Gasteiger partial charge in [0, 0.05) is 19.3 Å². The van der Waals surface area contributed by atoms with Crippen LogP contribution in [0.2, 0.25) is 5.15 Å². The van der Waals surface area contributed by atoms with E-state index in [1.807, 2.05) is 12.1 Å². The van der Waals surface area contributed by atoms with Crippen molar-refractivity contribution in [2.24, 2.45) is 0 Å². The summed E-state index contributed by atoms with van der Waals surface area (Å²) >= 11 is 5.85. The molecule has 0 spiro atoms. The summed E-state index contributed by atoms with van der Waals surface area (Å²) in [6.45, 7) is 2.14. The van der Waals surface area contributed by atoms with Crippen molar-refractivity contribution < 1.29 is 0 Å². The highest BCUT2D eigenvalue weighted by Gasteiger charge is 2.10. The fourth-order valence-electron chi connectivity index (χ4n) is 1.70. The van der Waals surface area contributed by atoms with Crippen LogP contribution in [0.4, 0.5) is 0 Å². The van der Waals surface area contributed by atoms with Gasteiger partial charge < -0.3 is 4.90 Å². The molecule has 15 heavy (non-hydrogen) atoms. The average molecular weight is 245 g/mol. The zero-order chi connectivity index (χ0) is 9.97. The number of aromatic nitrogens is 1. The highest BCUT2D eigenvalue weighted by atomic mass is 35.5. The van der Waals surface area contributed by atoms with E-state index in [1.54, 1.807) is 6.20 Å². The zero-order valence-corrected chi connectivity index (χ0v) is 10.2. The van der Waals surface area contributed by atoms with Crippen LogP contribution in [-0.4, -0.2) is 30.0 Å². The van der Waals surface area contributed by atoms with Crippen LogP contribution >= 0.6 is 24.0 Å². The van der Waals surface area contributed by atoms with Gasteiger partial charge in [-0.3, -0.25) is 0 Å². The third kappa shape index (κ3) is 3.20. The van der Waals surface area contributed by atoms with Gasteiger partial charge in [0.05, 0.1) is 0 Å². The number of likely N-dealkylation sites (N-methyl/N-ethyl adjacent to an activating group) is 1. The Morgan fingerprint density at radius 3 is 2.93 bits per heavy atom. The van der Waals surface area contributed by atoms with Gasteiger partial charge in [-0.25, -0.2) is 4.98 Å². The van der Waals surface area contributed by atoms with Crippen LogP contribution < -0.4 is 0 Å². The lowest BCUT2D eigenvalue weighted by Gasteiger charge is -2.23. The van der Waals surface area contributed by atoms with Crippen molar-refractivity contribution in [3.05, 3.63) is 35.1 Å². The summed E-state index contributed by atoms with van der Waals surface area (Å²) < 4.78 is 0. The van der Waals surface area contributed by atoms with Gasteiger partial charge >= 0.3 is 0 Å². The molecule has 0 unspecified atom stereocenters. The van der Waals surface area contributed by atoms with E-state index in [4.69, 9.17) is 11.6 Å². The van der Waals surface area contributed by atoms with E-state index >= 15 is 0 Å². The summed E-state index contributed by atoms with van der Waals surface area (Å²) in [5.41, 5.74) is 2.54. The summed E-state index contributed by atoms with van der Waals surface area (Å²) in [7, 11) is 2.13. The molecular weight excluding hydrogens is 231 g/mol. The Bertz CT molecular complexity index is 363. The van der Waals surface area contributed by atoms with Gasteiger partial charge in [0.2, 0.25) is 0 Å². The largest absolute Gasteiger partial charge is 0.302 e. The minimum Gasteiger partial charge on any atom is -0.302 e. The molecule has 2 nitrogen and oxygen atoms in total. The summed E-state index contributed by atoms with van der Waals surface area (Å²) in [4.78, 5) is 6.29. The minimum absolute atomic E-state index is 0. The van der Waals surface area contributed by atoms with Crippen molar-refractivity contribution in [2.45, 2.75) is 6.42 Å². The van der Waals surface area contributed by atoms with Gasteiger partial charge in [-0.1, -0.05) is 17.7 Å². The van der Waals surface area contributed by atoms with E-state index in [1.165, 1.54) is 11.1 Å². The minimum atomic E-state index is 0. The van der Waals surface area contributed by atoms with Crippen molar-refractivity contribution >= 4 is 29.6 Å². The molecule has 2 rings (SSSR count). The van der Waals surface area contributed by atoms with E-state index in [-0.39, 0.29) is 12.4 Å². The molecule has 0 saturated carbocycles. The van der Waals surface area contributed by atoms with Gasteiger partial charge in [0.25, 0.3) is 0 Å². The monoisotopic (exact) mass is 244 g/mol. The molecule has 1 aliphatic rings. The molecule has 4 heteroatoms. The quantitative estimate of drug-likeness (QED) is 0.707. The summed E-state index contributed by atoms with van der Waals surface area (Å²) in [6, 6.07) is 3.93. The number of pyridine rings is 1. The van der Waals surface area contributed by atoms with Crippen molar-refractivity contribution in [3.63, 3.8) is 0 Å². The highest BCUT2D eigenvalue weighted by Crippen LogP contribution is 2.21. The van der Waals surface area contributed by atoms with Gasteiger partial charge in [0.1, 0.15) is 5.15 Å². The molecule has 0 N–H and O–H groups in total. The molecule has 0 aromatic carbocycles. The topological polar surface area (TPSA) is 16.1 Å². The Morgan fingerprint density at radius 1 is 1.47 bits per heavy atom. The predicted molar refractivity (Wildman–Crippen MR) is 66.6 cm³/mol. The number of nitrogens with zero attached hydrogens (tertiary/aromatic N) is 2. The van der Waals surface area contributed by atoms with E-state index in [0.29, 0.717) is 5.15 Å². The zero-order valence-electron chi connectivity index (χ0n) is 8.61. The van der Waals surface area contributed by atoms with Crippen LogP contribution in [0.3, 0.4) is 0 Å². The molecule has 0 radical (unpaired) electrons. The van der Waals surface area contributed by atoms with E-state index in [0.717, 1.165) is 19.5 Å². The van der Waals surface area contributed by atoms with Crippen LogP contribution in [0, 0.1) is 0 Å². The SMILES string of the molecule is CN1CCC=C(c2ccnc(Cl)c2)C1.Cl. The van der Waals surface area contributed by atoms with Crippen molar-refractivity contribution in [3.8, 4) is 0 Å². The molecule has 1 aliphatic heterocycles. The summed E-state index contributed by atoms with van der Waals surface area (Å²) in [5, 5.41) is 0.566. The average Bonchev–Trinajstić information content (AvgIpc) is 2.18. The maximum atomic E-state index is 5.85. The van der Waals surface area contributed by atoms with Crippen molar-refractivity contribution in [2.75, 3.05) is 20.1 Å². The summed E-state index contributed by atoms with van der Waals surface area (Å²) in [5.74, 6) is 0. The number of halogens is 2. The lowest BCUT2D eigenvalue weighted by Crippen LogP contribution is -2.24. The van der Waals surface area contributed by atoms with Crippen LogP contribution in [0.5, 0.6) is 0 Å². The van der Waals surface area contributed by atoms with Gasteiger partial charge in [0.15, 0.2) is 0 Å². The predicted octanol–water partition coefficient (Wildman–Crippen LogP) is 2.88. The molecule has 82 valence electrons. The van der Waals surface area contributed by atoms with Crippen LogP contribution in [0.1, 0.15) is 12.0 Å². The Balaban J connectivity index is 0.00000112. The smallest absolute Gasteiger partial charge is 0.129 e. The molecule has 0 fully saturated rings. The Morgan fingerprint density at radius 2 is 2.27 bits per heavy atom. The fourth-order valence-corrected chi connectivity index (χ4v) is 1.88. The molecule has 0 saturated heterocycles. The first-order valence-corrected chi connectivity index (χ1v) is 5.13. The Kier molecular flexibility index (Phi) is 4.58. The van der Waals surface area contributed by atoms with Gasteiger partial charge in [-0.15, -0.1) is 12.4 Å². The third-order valence-electron chi connectivity index (χ3n) is 2.44. The number of rotatable bonds is 1. The molecule has 0 bridgehead atoms. The first-order chi connectivity index (χ1) is 6.75. The first-order valence-electron chi connectivity index (χ1n) is 4.75. The van der Waals surface area contributed by atoms with Crippen molar-refractivity contribution in [1.29, 1.82) is 0 Å². The maximum Gasteiger partial charge on any atom is 0.129 e. The van der Waals surface area contributed by atoms with Gasteiger partial charge in [-0.05, 0) is 36.7 Å². The standard InChI is InChI=1S/C11H13ClN2.ClH/c1-14-6-2-3-10(8-14)9-4-5-13-11(12)7-9;/h3-5,7H,2,6,8H2,1H3;1H. The van der Waals surface area contributed by atoms with E-state index in [2.05, 4.69) is 23.0 Å². The van der Waals surface area contributed by atoms with Crippen LogP contribution in [0.15, 0.2) is 24.4 Å². The lowest BCUT2D eigenvalue weighted by atomic mass is 10.0. The first kappa shape index (κ1) is 12.5. The second-order valence-electron chi connectivity index (χ2n) is 3.62. The lowest BCUT2D eigenvalue weighted by molar-refractivity contribution is 0.373. The molecule has 0 amide bonds. The van der Waals surface area contributed by atoms with Crippen LogP contribution in [0.25, 0.3) is 5.57 Å². The number of hydrogen-bond donors (Lipinski definition) is 0. The van der Waals surface area contributed by atoms with E-state index in [9.17, 15) is 0 Å². The molecule has 1 aromatic heterocycles. The normalized spacial score (nSPS) is 16.8. The second kappa shape index (κ2) is 5.50. The number of hydrogen-bond acceptors (Lipinski definition) is 2.